The fraction of sp³-hybridized carbons (Fsp3) is 0.240. The van der Waals surface area contributed by atoms with Gasteiger partial charge in [-0.2, -0.15) is 0 Å². The SMILES string of the molecule is O=C(c1cccc(Oc2ccccc2)c1)N1CCC2(CC1)OCc1ccccc12. The number of carbonyl (C=O) groups excluding carboxylic acids is 1. The van der Waals surface area contributed by atoms with Crippen molar-refractivity contribution in [2.24, 2.45) is 0 Å². The lowest BCUT2D eigenvalue weighted by Crippen LogP contribution is -2.45. The zero-order chi connectivity index (χ0) is 19.7. The van der Waals surface area contributed by atoms with Crippen molar-refractivity contribution < 1.29 is 14.3 Å². The number of likely N-dealkylation sites (tertiary alicyclic amines) is 1. The molecular formula is C25H23NO3. The fourth-order valence-corrected chi connectivity index (χ4v) is 4.37. The van der Waals surface area contributed by atoms with Gasteiger partial charge >= 0.3 is 0 Å². The van der Waals surface area contributed by atoms with Crippen molar-refractivity contribution in [1.82, 2.24) is 4.90 Å². The van der Waals surface area contributed by atoms with Crippen LogP contribution in [0.1, 0.15) is 34.3 Å². The molecule has 146 valence electrons. The van der Waals surface area contributed by atoms with Gasteiger partial charge in [0.25, 0.3) is 5.91 Å². The maximum atomic E-state index is 13.1. The average molecular weight is 385 g/mol. The molecule has 2 aliphatic heterocycles. The summed E-state index contributed by atoms with van der Waals surface area (Å²) >= 11 is 0. The molecule has 4 nitrogen and oxygen atoms in total. The third-order valence-corrected chi connectivity index (χ3v) is 5.93. The van der Waals surface area contributed by atoms with Gasteiger partial charge < -0.3 is 14.4 Å². The number of para-hydroxylation sites is 1. The molecule has 0 N–H and O–H groups in total. The minimum Gasteiger partial charge on any atom is -0.457 e. The van der Waals surface area contributed by atoms with Crippen LogP contribution in [0.5, 0.6) is 11.5 Å². The second-order valence-corrected chi connectivity index (χ2v) is 7.68. The van der Waals surface area contributed by atoms with E-state index in [9.17, 15) is 4.79 Å². The highest BCUT2D eigenvalue weighted by atomic mass is 16.5. The van der Waals surface area contributed by atoms with Crippen LogP contribution >= 0.6 is 0 Å². The smallest absolute Gasteiger partial charge is 0.253 e. The molecule has 0 bridgehead atoms. The van der Waals surface area contributed by atoms with Crippen molar-refractivity contribution in [2.75, 3.05) is 13.1 Å². The Kier molecular flexibility index (Phi) is 4.57. The van der Waals surface area contributed by atoms with Crippen LogP contribution in [0.25, 0.3) is 0 Å². The lowest BCUT2D eigenvalue weighted by Gasteiger charge is -2.39. The van der Waals surface area contributed by atoms with Crippen molar-refractivity contribution in [2.45, 2.75) is 25.0 Å². The summed E-state index contributed by atoms with van der Waals surface area (Å²) in [5.74, 6) is 1.47. The standard InChI is InChI=1S/C25H23NO3/c27-24(19-8-6-11-22(17-19)29-21-9-2-1-3-10-21)26-15-13-25(14-16-26)23-12-5-4-7-20(23)18-28-25/h1-12,17H,13-16,18H2. The van der Waals surface area contributed by atoms with Gasteiger partial charge in [-0.1, -0.05) is 48.5 Å². The Hall–Kier alpha value is -3.11. The predicted molar refractivity (Wildman–Crippen MR) is 111 cm³/mol. The average Bonchev–Trinajstić information content (AvgIpc) is 3.13. The molecule has 3 aromatic rings. The molecule has 29 heavy (non-hydrogen) atoms. The van der Waals surface area contributed by atoms with Crippen LogP contribution in [0.2, 0.25) is 0 Å². The topological polar surface area (TPSA) is 38.8 Å². The Labute approximate surface area is 170 Å². The molecule has 5 rings (SSSR count). The van der Waals surface area contributed by atoms with Crippen LogP contribution in [0.15, 0.2) is 78.9 Å². The Morgan fingerprint density at radius 2 is 1.59 bits per heavy atom. The van der Waals surface area contributed by atoms with Gasteiger partial charge in [-0.3, -0.25) is 4.79 Å². The molecule has 4 heteroatoms. The van der Waals surface area contributed by atoms with Crippen LogP contribution < -0.4 is 4.74 Å². The number of hydrogen-bond acceptors (Lipinski definition) is 3. The van der Waals surface area contributed by atoms with E-state index < -0.39 is 0 Å². The van der Waals surface area contributed by atoms with Crippen LogP contribution in [-0.4, -0.2) is 23.9 Å². The van der Waals surface area contributed by atoms with Crippen molar-refractivity contribution in [3.05, 3.63) is 95.6 Å². The van der Waals surface area contributed by atoms with Crippen molar-refractivity contribution in [3.63, 3.8) is 0 Å². The highest BCUT2D eigenvalue weighted by Gasteiger charge is 2.43. The van der Waals surface area contributed by atoms with Crippen LogP contribution in [0, 0.1) is 0 Å². The second-order valence-electron chi connectivity index (χ2n) is 7.68. The summed E-state index contributed by atoms with van der Waals surface area (Å²) in [5.41, 5.74) is 3.00. The second kappa shape index (κ2) is 7.37. The monoisotopic (exact) mass is 385 g/mol. The lowest BCUT2D eigenvalue weighted by molar-refractivity contribution is -0.0741. The maximum Gasteiger partial charge on any atom is 0.253 e. The van der Waals surface area contributed by atoms with Crippen LogP contribution in [-0.2, 0) is 16.9 Å². The number of piperidine rings is 1. The molecule has 0 radical (unpaired) electrons. The summed E-state index contributed by atoms with van der Waals surface area (Å²) in [6, 6.07) is 25.5. The van der Waals surface area contributed by atoms with E-state index in [0.717, 1.165) is 18.6 Å². The number of amides is 1. The summed E-state index contributed by atoms with van der Waals surface area (Å²) < 4.78 is 12.1. The van der Waals surface area contributed by atoms with Gasteiger partial charge in [-0.05, 0) is 54.3 Å². The normalized spacial score (nSPS) is 17.2. The Morgan fingerprint density at radius 3 is 2.41 bits per heavy atom. The van der Waals surface area contributed by atoms with Gasteiger partial charge in [0.05, 0.1) is 12.2 Å². The van der Waals surface area contributed by atoms with Gasteiger partial charge in [-0.25, -0.2) is 0 Å². The molecule has 3 aromatic carbocycles. The largest absolute Gasteiger partial charge is 0.457 e. The van der Waals surface area contributed by atoms with E-state index in [1.165, 1.54) is 11.1 Å². The summed E-state index contributed by atoms with van der Waals surface area (Å²) in [6.07, 6.45) is 1.66. The zero-order valence-corrected chi connectivity index (χ0v) is 16.2. The zero-order valence-electron chi connectivity index (χ0n) is 16.2. The first-order valence-corrected chi connectivity index (χ1v) is 10.1. The molecular weight excluding hydrogens is 362 g/mol. The van der Waals surface area contributed by atoms with E-state index in [0.29, 0.717) is 31.0 Å². The molecule has 0 unspecified atom stereocenters. The Bertz CT molecular complexity index is 1020. The molecule has 1 spiro atoms. The minimum atomic E-state index is -0.231. The van der Waals surface area contributed by atoms with E-state index in [4.69, 9.17) is 9.47 Å². The number of benzene rings is 3. The van der Waals surface area contributed by atoms with E-state index in [1.807, 2.05) is 59.5 Å². The Balaban J connectivity index is 1.29. The first-order chi connectivity index (χ1) is 14.2. The van der Waals surface area contributed by atoms with Gasteiger partial charge in [0, 0.05) is 18.7 Å². The third-order valence-electron chi connectivity index (χ3n) is 5.93. The van der Waals surface area contributed by atoms with E-state index in [2.05, 4.69) is 24.3 Å². The molecule has 0 aromatic heterocycles. The number of hydrogen-bond donors (Lipinski definition) is 0. The molecule has 2 heterocycles. The summed E-state index contributed by atoms with van der Waals surface area (Å²) in [4.78, 5) is 15.0. The number of nitrogens with zero attached hydrogens (tertiary/aromatic N) is 1. The molecule has 1 amide bonds. The first kappa shape index (κ1) is 18.0. The number of carbonyl (C=O) groups is 1. The van der Waals surface area contributed by atoms with Crippen molar-refractivity contribution in [3.8, 4) is 11.5 Å². The number of ether oxygens (including phenoxy) is 2. The quantitative estimate of drug-likeness (QED) is 0.627. The van der Waals surface area contributed by atoms with Crippen molar-refractivity contribution >= 4 is 5.91 Å². The number of rotatable bonds is 3. The summed E-state index contributed by atoms with van der Waals surface area (Å²) in [5, 5.41) is 0. The highest BCUT2D eigenvalue weighted by molar-refractivity contribution is 5.94. The third kappa shape index (κ3) is 3.40. The first-order valence-electron chi connectivity index (χ1n) is 10.1. The lowest BCUT2D eigenvalue weighted by atomic mass is 9.83. The molecule has 1 saturated heterocycles. The molecule has 0 atom stereocenters. The van der Waals surface area contributed by atoms with Gasteiger partial charge in [0.1, 0.15) is 11.5 Å². The molecule has 1 fully saturated rings. The molecule has 0 saturated carbocycles. The number of fused-ring (bicyclic) bond motifs is 2. The van der Waals surface area contributed by atoms with E-state index in [1.54, 1.807) is 0 Å². The van der Waals surface area contributed by atoms with E-state index in [-0.39, 0.29) is 11.5 Å². The predicted octanol–water partition coefficient (Wildman–Crippen LogP) is 5.14. The van der Waals surface area contributed by atoms with Gasteiger partial charge in [0.2, 0.25) is 0 Å². The fourth-order valence-electron chi connectivity index (χ4n) is 4.37. The summed E-state index contributed by atoms with van der Waals surface area (Å²) in [7, 11) is 0. The van der Waals surface area contributed by atoms with E-state index >= 15 is 0 Å². The van der Waals surface area contributed by atoms with Gasteiger partial charge in [0.15, 0.2) is 0 Å². The summed E-state index contributed by atoms with van der Waals surface area (Å²) in [6.45, 7) is 2.05. The minimum absolute atomic E-state index is 0.0460. The maximum absolute atomic E-state index is 13.1. The van der Waals surface area contributed by atoms with Gasteiger partial charge in [-0.15, -0.1) is 0 Å². The van der Waals surface area contributed by atoms with Crippen molar-refractivity contribution in [1.29, 1.82) is 0 Å². The Morgan fingerprint density at radius 1 is 0.862 bits per heavy atom. The molecule has 0 aliphatic carbocycles. The van der Waals surface area contributed by atoms with Crippen LogP contribution in [0.3, 0.4) is 0 Å². The molecule has 2 aliphatic rings. The van der Waals surface area contributed by atoms with Crippen LogP contribution in [0.4, 0.5) is 0 Å². The highest BCUT2D eigenvalue weighted by Crippen LogP contribution is 2.44.